The summed E-state index contributed by atoms with van der Waals surface area (Å²) in [4.78, 5) is 0. The molecule has 12 saturated carbocycles. The van der Waals surface area contributed by atoms with E-state index in [0.29, 0.717) is 94.7 Å². The Morgan fingerprint density at radius 2 is 0.496 bits per heavy atom. The molecule has 16 aliphatic rings. The van der Waals surface area contributed by atoms with E-state index in [1.807, 2.05) is 0 Å². The van der Waals surface area contributed by atoms with Crippen LogP contribution >= 0.6 is 15.6 Å². The molecule has 32 unspecified atom stereocenters. The zero-order valence-corrected chi connectivity index (χ0v) is 81.1. The van der Waals surface area contributed by atoms with Crippen molar-refractivity contribution in [2.24, 2.45) is 185 Å². The zero-order chi connectivity index (χ0) is 83.0. The molecule has 0 saturated heterocycles. The molecule has 0 amide bonds. The summed E-state index contributed by atoms with van der Waals surface area (Å²) in [5, 5.41) is 0. The Kier molecular flexibility index (Phi) is 26.6. The molecule has 117 heavy (non-hydrogen) atoms. The molecule has 664 valence electrons. The predicted molar refractivity (Wildman–Crippen MR) is 488 cm³/mol. The normalized spacial score (nSPS) is 46.6. The van der Waals surface area contributed by atoms with Crippen molar-refractivity contribution < 1.29 is 31.5 Å². The van der Waals surface area contributed by atoms with Gasteiger partial charge in [0.2, 0.25) is 0 Å². The molecule has 32 atom stereocenters. The van der Waals surface area contributed by atoms with Crippen LogP contribution < -0.4 is 0 Å². The van der Waals surface area contributed by atoms with Crippen LogP contribution in [0.25, 0.3) is 0 Å². The van der Waals surface area contributed by atoms with Crippen molar-refractivity contribution in [3.05, 3.63) is 46.6 Å². The minimum atomic E-state index is -4.72. The van der Waals surface area contributed by atoms with E-state index in [-0.39, 0.29) is 21.7 Å². The summed E-state index contributed by atoms with van der Waals surface area (Å²) in [6.07, 6.45) is 61.6. The van der Waals surface area contributed by atoms with Gasteiger partial charge in [0.15, 0.2) is 0 Å². The van der Waals surface area contributed by atoms with Crippen LogP contribution in [-0.4, -0.2) is 24.4 Å². The largest absolute Gasteiger partial charge is 0.484 e. The molecule has 9 heteroatoms. The number of allylic oxidation sites excluding steroid dienone is 4. The van der Waals surface area contributed by atoms with Crippen LogP contribution in [0.1, 0.15) is 421 Å². The molecule has 0 N–H and O–H groups in total. The smallest absolute Gasteiger partial charge is 0.283 e. The summed E-state index contributed by atoms with van der Waals surface area (Å²) in [7, 11) is -9.44. The van der Waals surface area contributed by atoms with Crippen LogP contribution in [-0.2, 0) is 31.5 Å². The van der Waals surface area contributed by atoms with E-state index in [4.69, 9.17) is 22.4 Å². The number of phosphoric acid groups is 2. The predicted octanol–water partition coefficient (Wildman–Crippen LogP) is 32.9. The molecule has 0 radical (unpaired) electrons. The molecular weight excluding hydrogens is 1470 g/mol. The lowest BCUT2D eigenvalue weighted by Crippen LogP contribution is -2.51. The molecule has 16 aliphatic carbocycles. The first-order chi connectivity index (χ1) is 55.5. The van der Waals surface area contributed by atoms with Crippen molar-refractivity contribution in [3.63, 3.8) is 0 Å². The molecule has 7 nitrogen and oxygen atoms in total. The highest BCUT2D eigenvalue weighted by molar-refractivity contribution is 7.62. The van der Waals surface area contributed by atoms with Gasteiger partial charge in [0.25, 0.3) is 0 Å². The Morgan fingerprint density at radius 3 is 0.701 bits per heavy atom. The summed E-state index contributed by atoms with van der Waals surface area (Å²) < 4.78 is 71.8. The number of fused-ring (bicyclic) bond motifs is 20. The van der Waals surface area contributed by atoms with Crippen LogP contribution in [0.2, 0.25) is 0 Å². The van der Waals surface area contributed by atoms with E-state index in [1.54, 1.807) is 0 Å². The van der Waals surface area contributed by atoms with Crippen LogP contribution in [0.3, 0.4) is 0 Å². The van der Waals surface area contributed by atoms with Crippen LogP contribution in [0.15, 0.2) is 46.6 Å². The minimum absolute atomic E-state index is 0.0657. The van der Waals surface area contributed by atoms with Gasteiger partial charge < -0.3 is 0 Å². The minimum Gasteiger partial charge on any atom is -0.283 e. The van der Waals surface area contributed by atoms with Gasteiger partial charge in [0.05, 0.1) is 24.4 Å². The standard InChI is InChI=1S/C108H180O7P2/c1-69(2)25-21-29-73(9)89-41-45-93-85-37-33-77-65-81(49-57-101(77,13)97(85)53-61-105(89,93)17)111-116(109,112-82-50-58-102(14)78(66-82)34-38-86-94-46-42-90(74(10)30-22-26-70(3)4)106(94,18)62-54-98(86)102)115-117(110,113-83-51-59-103(15)79(67-83)35-39-87-95-47-43-91(75(11)31-23-27-71(5)6)107(95,19)63-55-99(87)103)114-84-52-60-104(16)80(68-84)36-40-88-96-48-44-92(76(12)32-24-28-72(7)8)108(96,20)64-56-100(88)104/h33-36,69-76,81-100H,21-32,37-68H2,1-20H3. The van der Waals surface area contributed by atoms with Gasteiger partial charge in [-0.05, 0) is 391 Å². The Labute approximate surface area is 720 Å². The Hall–Kier alpha value is -0.780. The Balaban J connectivity index is 0.685. The lowest BCUT2D eigenvalue weighted by molar-refractivity contribution is -0.0647. The van der Waals surface area contributed by atoms with Crippen LogP contribution in [0, 0.1) is 185 Å². The van der Waals surface area contributed by atoms with Crippen LogP contribution in [0.4, 0.5) is 0 Å². The van der Waals surface area contributed by atoms with Gasteiger partial charge in [-0.3, -0.25) is 18.1 Å². The van der Waals surface area contributed by atoms with Gasteiger partial charge in [0, 0.05) is 0 Å². The molecule has 16 rings (SSSR count). The Bertz CT molecular complexity index is 3220. The maximum atomic E-state index is 17.4. The van der Waals surface area contributed by atoms with E-state index in [1.165, 1.54) is 202 Å². The average Bonchev–Trinajstić information content (AvgIpc) is 1.70. The molecule has 0 aromatic rings. The van der Waals surface area contributed by atoms with E-state index < -0.39 is 40.1 Å². The molecule has 0 aromatic heterocycles. The highest BCUT2D eigenvalue weighted by Crippen LogP contribution is 2.77. The second kappa shape index (κ2) is 34.7. The van der Waals surface area contributed by atoms with Gasteiger partial charge in [-0.2, -0.15) is 4.31 Å². The van der Waals surface area contributed by atoms with Crippen molar-refractivity contribution in [2.45, 2.75) is 445 Å². The molecule has 0 spiro atoms. The fraction of sp³-hybridized carbons (Fsp3) is 0.926. The summed E-state index contributed by atoms with van der Waals surface area (Å²) in [6, 6.07) is 0. The first-order valence-corrected chi connectivity index (χ1v) is 54.8. The van der Waals surface area contributed by atoms with Gasteiger partial charge in [-0.15, -0.1) is 0 Å². The lowest BCUT2D eigenvalue weighted by atomic mass is 9.47. The van der Waals surface area contributed by atoms with Crippen molar-refractivity contribution in [3.8, 4) is 0 Å². The summed E-state index contributed by atoms with van der Waals surface area (Å²) >= 11 is 0. The third kappa shape index (κ3) is 16.7. The van der Waals surface area contributed by atoms with Gasteiger partial charge in [-0.25, -0.2) is 9.13 Å². The lowest BCUT2D eigenvalue weighted by Gasteiger charge is -2.59. The molecular formula is C108H180O7P2. The van der Waals surface area contributed by atoms with Crippen molar-refractivity contribution >= 4 is 15.6 Å². The molecule has 0 heterocycles. The quantitative estimate of drug-likeness (QED) is 0.0524. The number of hydrogen-bond donors (Lipinski definition) is 0. The molecule has 0 aromatic carbocycles. The molecule has 12 fully saturated rings. The van der Waals surface area contributed by atoms with Crippen LogP contribution in [0.5, 0.6) is 0 Å². The fourth-order valence-electron chi connectivity index (χ4n) is 35.9. The maximum absolute atomic E-state index is 17.4. The second-order valence-corrected chi connectivity index (χ2v) is 53.3. The molecule has 0 bridgehead atoms. The number of rotatable bonds is 30. The zero-order valence-electron chi connectivity index (χ0n) is 79.3. The van der Waals surface area contributed by atoms with Crippen molar-refractivity contribution in [2.75, 3.05) is 0 Å². The topological polar surface area (TPSA) is 80.3 Å². The number of hydrogen-bond acceptors (Lipinski definition) is 7. The van der Waals surface area contributed by atoms with Gasteiger partial charge in [0.1, 0.15) is 0 Å². The van der Waals surface area contributed by atoms with E-state index in [2.05, 4.69) is 163 Å². The van der Waals surface area contributed by atoms with Gasteiger partial charge >= 0.3 is 15.6 Å². The highest BCUT2D eigenvalue weighted by atomic mass is 31.3. The first-order valence-electron chi connectivity index (χ1n) is 51.9. The maximum Gasteiger partial charge on any atom is 0.484 e. The Morgan fingerprint density at radius 1 is 0.282 bits per heavy atom. The van der Waals surface area contributed by atoms with E-state index >= 15 is 9.13 Å². The summed E-state index contributed by atoms with van der Waals surface area (Å²) in [5.74, 6) is 18.1. The molecule has 0 aliphatic heterocycles. The third-order valence-electron chi connectivity index (χ3n) is 42.4. The SMILES string of the molecule is CC(C)CCCC(C)C1CCC2C3CC=C4CC(OP(=O)(OC5CCC6(C)C(=CCC7C6CCC6(C)C(C(C)CCCC(C)C)CCC76)C5)OP(=O)(OC5CCC6(C)C(=CCC7C6CCC6(C)C(C(C)CCCC(C)C)CCC76)C5)OC5CCC6(C)C(=CCC7C6CCC6(C)C(C(C)CCCC(C)C)CCC76)C5)CCC4(C)C3CCC12C. The van der Waals surface area contributed by atoms with E-state index in [9.17, 15) is 0 Å². The van der Waals surface area contributed by atoms with E-state index in [0.717, 1.165) is 172 Å². The van der Waals surface area contributed by atoms with Gasteiger partial charge in [-0.1, -0.05) is 262 Å². The summed E-state index contributed by atoms with van der Waals surface area (Å²) in [6.45, 7) is 51.1. The third-order valence-corrected chi connectivity index (χ3v) is 46.2. The number of phosphoric ester groups is 2. The fourth-order valence-corrected chi connectivity index (χ4v) is 39.8. The summed E-state index contributed by atoms with van der Waals surface area (Å²) in [5.41, 5.74) is 7.94. The van der Waals surface area contributed by atoms with Crippen molar-refractivity contribution in [1.29, 1.82) is 0 Å². The average molecular weight is 1650 g/mol. The van der Waals surface area contributed by atoms with Crippen molar-refractivity contribution in [1.82, 2.24) is 0 Å². The monoisotopic (exact) mass is 1650 g/mol. The second-order valence-electron chi connectivity index (χ2n) is 50.0. The first kappa shape index (κ1) is 89.6. The highest BCUT2D eigenvalue weighted by Gasteiger charge is 2.66.